The molecule has 0 aliphatic rings. The van der Waals surface area contributed by atoms with Crippen molar-refractivity contribution in [2.75, 3.05) is 6.54 Å². The maximum absolute atomic E-state index is 11.3. The lowest BCUT2D eigenvalue weighted by Gasteiger charge is -2.08. The minimum atomic E-state index is -0.849. The van der Waals surface area contributed by atoms with E-state index in [9.17, 15) is 9.59 Å². The number of rotatable bonds is 6. The molecule has 0 amide bonds. The van der Waals surface area contributed by atoms with E-state index in [1.807, 2.05) is 0 Å². The summed E-state index contributed by atoms with van der Waals surface area (Å²) in [6.07, 6.45) is 3.49. The molecule has 96 valence electrons. The van der Waals surface area contributed by atoms with Gasteiger partial charge in [-0.15, -0.1) is 0 Å². The molecule has 0 aliphatic heterocycles. The Bertz CT molecular complexity index is 322. The van der Waals surface area contributed by atoms with Crippen LogP contribution in [0.25, 0.3) is 0 Å². The van der Waals surface area contributed by atoms with Crippen LogP contribution in [0.5, 0.6) is 0 Å². The molecular weight excluding hydrogens is 224 g/mol. The summed E-state index contributed by atoms with van der Waals surface area (Å²) in [4.78, 5) is 25.9. The van der Waals surface area contributed by atoms with E-state index in [2.05, 4.69) is 9.73 Å². The van der Waals surface area contributed by atoms with Crippen molar-refractivity contribution in [2.24, 2.45) is 22.2 Å². The lowest BCUT2D eigenvalue weighted by Crippen LogP contribution is -2.33. The zero-order chi connectivity index (χ0) is 13.3. The van der Waals surface area contributed by atoms with Crippen molar-refractivity contribution in [3.05, 3.63) is 12.2 Å². The van der Waals surface area contributed by atoms with Gasteiger partial charge in [0.05, 0.1) is 0 Å². The van der Waals surface area contributed by atoms with Gasteiger partial charge in [-0.25, -0.2) is 9.59 Å². The Balaban J connectivity index is 3.90. The fourth-order valence-electron chi connectivity index (χ4n) is 0.982. The predicted molar refractivity (Wildman–Crippen MR) is 63.8 cm³/mol. The molecular formula is C10H18N4O3. The van der Waals surface area contributed by atoms with Crippen LogP contribution in [0.3, 0.4) is 0 Å². The standard InChI is InChI=1S/C10H18N4O3/c1-2-4-8(15)17-9(16)7(11)5-3-6-14-10(12)13/h2,4,7H,3,5-6,11H2,1H3,(H4,12,13,14)/t7-/m0/s1. The molecule has 6 N–H and O–H groups in total. The molecule has 17 heavy (non-hydrogen) atoms. The van der Waals surface area contributed by atoms with Crippen molar-refractivity contribution >= 4 is 17.9 Å². The Morgan fingerprint density at radius 3 is 2.59 bits per heavy atom. The fraction of sp³-hybridized carbons (Fsp3) is 0.500. The molecule has 7 heteroatoms. The van der Waals surface area contributed by atoms with Gasteiger partial charge in [0.15, 0.2) is 5.96 Å². The first-order chi connectivity index (χ1) is 7.97. The van der Waals surface area contributed by atoms with Crippen LogP contribution in [0, 0.1) is 0 Å². The quantitative estimate of drug-likeness (QED) is 0.137. The SMILES string of the molecule is CC=CC(=O)OC(=O)[C@@H](N)CCCN=C(N)N. The van der Waals surface area contributed by atoms with E-state index in [1.54, 1.807) is 6.92 Å². The van der Waals surface area contributed by atoms with Crippen molar-refractivity contribution in [3.63, 3.8) is 0 Å². The summed E-state index contributed by atoms with van der Waals surface area (Å²) in [7, 11) is 0. The topological polar surface area (TPSA) is 134 Å². The molecule has 0 aromatic heterocycles. The average Bonchev–Trinajstić information content (AvgIpc) is 2.23. The van der Waals surface area contributed by atoms with Gasteiger partial charge in [-0.3, -0.25) is 4.99 Å². The van der Waals surface area contributed by atoms with Crippen LogP contribution in [0.1, 0.15) is 19.8 Å². The van der Waals surface area contributed by atoms with Crippen molar-refractivity contribution in [1.29, 1.82) is 0 Å². The molecule has 0 heterocycles. The van der Waals surface area contributed by atoms with E-state index in [0.29, 0.717) is 19.4 Å². The van der Waals surface area contributed by atoms with E-state index >= 15 is 0 Å². The summed E-state index contributed by atoms with van der Waals surface area (Å²) in [6, 6.07) is -0.849. The molecule has 1 atom stereocenters. The van der Waals surface area contributed by atoms with Gasteiger partial charge < -0.3 is 21.9 Å². The summed E-state index contributed by atoms with van der Waals surface area (Å²) in [6.45, 7) is 2.02. The number of ether oxygens (including phenoxy) is 1. The largest absolute Gasteiger partial charge is 0.389 e. The fourth-order valence-corrected chi connectivity index (χ4v) is 0.982. The first kappa shape index (κ1) is 15.1. The second-order valence-electron chi connectivity index (χ2n) is 3.30. The highest BCUT2D eigenvalue weighted by molar-refractivity contribution is 5.93. The number of esters is 2. The van der Waals surface area contributed by atoms with Gasteiger partial charge in [-0.2, -0.15) is 0 Å². The van der Waals surface area contributed by atoms with Gasteiger partial charge in [0, 0.05) is 12.6 Å². The van der Waals surface area contributed by atoms with E-state index in [-0.39, 0.29) is 5.96 Å². The molecule has 0 aliphatic carbocycles. The van der Waals surface area contributed by atoms with Gasteiger partial charge in [0.2, 0.25) is 0 Å². The second kappa shape index (κ2) is 8.28. The number of hydrogen-bond donors (Lipinski definition) is 3. The Kier molecular flexibility index (Phi) is 7.36. The number of nitrogens with two attached hydrogens (primary N) is 3. The van der Waals surface area contributed by atoms with E-state index in [1.165, 1.54) is 6.08 Å². The molecule has 0 unspecified atom stereocenters. The van der Waals surface area contributed by atoms with E-state index in [4.69, 9.17) is 17.2 Å². The molecule has 0 fully saturated rings. The lowest BCUT2D eigenvalue weighted by atomic mass is 10.2. The molecule has 0 spiro atoms. The number of nitrogens with zero attached hydrogens (tertiary/aromatic N) is 1. The molecule has 0 bridgehead atoms. The molecule has 0 aromatic rings. The zero-order valence-electron chi connectivity index (χ0n) is 9.76. The molecule has 0 radical (unpaired) electrons. The third kappa shape index (κ3) is 7.97. The van der Waals surface area contributed by atoms with E-state index in [0.717, 1.165) is 6.08 Å². The van der Waals surface area contributed by atoms with Crippen LogP contribution in [-0.4, -0.2) is 30.5 Å². The molecule has 0 saturated carbocycles. The Morgan fingerprint density at radius 1 is 1.41 bits per heavy atom. The maximum atomic E-state index is 11.3. The van der Waals surface area contributed by atoms with Gasteiger partial charge in [-0.05, 0) is 19.8 Å². The van der Waals surface area contributed by atoms with Gasteiger partial charge in [-0.1, -0.05) is 6.08 Å². The average molecular weight is 242 g/mol. The number of guanidine groups is 1. The number of aliphatic imine (C=N–C) groups is 1. The summed E-state index contributed by atoms with van der Waals surface area (Å²) >= 11 is 0. The van der Waals surface area contributed by atoms with E-state index < -0.39 is 18.0 Å². The van der Waals surface area contributed by atoms with Crippen LogP contribution in [-0.2, 0) is 14.3 Å². The molecule has 0 saturated heterocycles. The highest BCUT2D eigenvalue weighted by atomic mass is 16.6. The van der Waals surface area contributed by atoms with Crippen molar-refractivity contribution < 1.29 is 14.3 Å². The number of carbonyl (C=O) groups is 2. The maximum Gasteiger partial charge on any atom is 0.338 e. The second-order valence-corrected chi connectivity index (χ2v) is 3.30. The number of carbonyl (C=O) groups excluding carboxylic acids is 2. The summed E-state index contributed by atoms with van der Waals surface area (Å²) < 4.78 is 4.46. The minimum Gasteiger partial charge on any atom is -0.389 e. The van der Waals surface area contributed by atoms with Crippen LogP contribution in [0.4, 0.5) is 0 Å². The first-order valence-electron chi connectivity index (χ1n) is 5.16. The zero-order valence-corrected chi connectivity index (χ0v) is 9.76. The van der Waals surface area contributed by atoms with Gasteiger partial charge in [0.1, 0.15) is 6.04 Å². The molecule has 0 rings (SSSR count). The van der Waals surface area contributed by atoms with Crippen LogP contribution in [0.2, 0.25) is 0 Å². The number of hydrogen-bond acceptors (Lipinski definition) is 5. The monoisotopic (exact) mass is 242 g/mol. The van der Waals surface area contributed by atoms with Crippen molar-refractivity contribution in [1.82, 2.24) is 0 Å². The first-order valence-corrected chi connectivity index (χ1v) is 5.16. The summed E-state index contributed by atoms with van der Waals surface area (Å²) in [5.74, 6) is -1.49. The summed E-state index contributed by atoms with van der Waals surface area (Å²) in [5, 5.41) is 0. The minimum absolute atomic E-state index is 0.00981. The van der Waals surface area contributed by atoms with Gasteiger partial charge in [0.25, 0.3) is 0 Å². The number of allylic oxidation sites excluding steroid dienone is 1. The normalized spacial score (nSPS) is 12.1. The van der Waals surface area contributed by atoms with Gasteiger partial charge >= 0.3 is 11.9 Å². The van der Waals surface area contributed by atoms with Crippen molar-refractivity contribution in [2.45, 2.75) is 25.8 Å². The van der Waals surface area contributed by atoms with Crippen LogP contribution < -0.4 is 17.2 Å². The highest BCUT2D eigenvalue weighted by Crippen LogP contribution is 1.98. The Morgan fingerprint density at radius 2 is 2.06 bits per heavy atom. The van der Waals surface area contributed by atoms with Crippen molar-refractivity contribution in [3.8, 4) is 0 Å². The Labute approximate surface area is 99.7 Å². The van der Waals surface area contributed by atoms with Crippen LogP contribution in [0.15, 0.2) is 17.1 Å². The predicted octanol–water partition coefficient (Wildman–Crippen LogP) is -0.987. The third-order valence-electron chi connectivity index (χ3n) is 1.77. The summed E-state index contributed by atoms with van der Waals surface area (Å²) in [5.41, 5.74) is 15.8. The highest BCUT2D eigenvalue weighted by Gasteiger charge is 2.16. The molecule has 7 nitrogen and oxygen atoms in total. The van der Waals surface area contributed by atoms with Crippen LogP contribution >= 0.6 is 0 Å². The Hall–Kier alpha value is -1.89. The molecule has 0 aromatic carbocycles. The smallest absolute Gasteiger partial charge is 0.338 e. The lowest BCUT2D eigenvalue weighted by molar-refractivity contribution is -0.157. The third-order valence-corrected chi connectivity index (χ3v) is 1.77.